The summed E-state index contributed by atoms with van der Waals surface area (Å²) in [4.78, 5) is 30.4. The number of aliphatic hydroxyl groups is 1. The van der Waals surface area contributed by atoms with Gasteiger partial charge in [0.25, 0.3) is 5.91 Å². The number of amides is 2. The van der Waals surface area contributed by atoms with E-state index in [0.717, 1.165) is 27.1 Å². The molecule has 43 heavy (non-hydrogen) atoms. The standard InChI is InChI=1S/C33H32Cl2N2O4S2/c34-24-10-13-26(28(35)20-24)30-27(22-8-11-25(12-9-22)43(41)19-5-4-18-38)21-29(42-30)31(39)37-16-14-33(15-17-37,32(36)40)23-6-2-1-3-7-23/h1-3,6-13,20-21,38H,4-5,14-19H2,(H2,36,40). The van der Waals surface area contributed by atoms with E-state index in [9.17, 15) is 14.1 Å². The number of nitrogens with zero attached hydrogens (tertiary/aromatic N) is 1. The Morgan fingerprint density at radius 3 is 2.28 bits per heavy atom. The molecule has 4 aromatic rings. The smallest absolute Gasteiger partial charge is 0.263 e. The monoisotopic (exact) mass is 654 g/mol. The van der Waals surface area contributed by atoms with Crippen LogP contribution in [0.15, 0.2) is 83.8 Å². The number of carbonyl (C=O) groups is 2. The largest absolute Gasteiger partial charge is 0.611 e. The molecule has 1 saturated heterocycles. The Hall–Kier alpha value is -2.85. The highest BCUT2D eigenvalue weighted by molar-refractivity contribution is 7.91. The Labute approximate surface area is 268 Å². The molecule has 2 heterocycles. The fourth-order valence-electron chi connectivity index (χ4n) is 5.52. The van der Waals surface area contributed by atoms with E-state index in [1.165, 1.54) is 11.3 Å². The van der Waals surface area contributed by atoms with Gasteiger partial charge >= 0.3 is 0 Å². The molecule has 1 aliphatic rings. The summed E-state index contributed by atoms with van der Waals surface area (Å²) in [6, 6.07) is 24.2. The van der Waals surface area contributed by atoms with Crippen LogP contribution in [0.5, 0.6) is 0 Å². The average molecular weight is 656 g/mol. The third kappa shape index (κ3) is 6.80. The first-order valence-electron chi connectivity index (χ1n) is 14.1. The van der Waals surface area contributed by atoms with Crippen molar-refractivity contribution in [3.63, 3.8) is 0 Å². The molecule has 5 rings (SSSR count). The zero-order valence-corrected chi connectivity index (χ0v) is 26.6. The minimum atomic E-state index is -1.16. The van der Waals surface area contributed by atoms with Gasteiger partial charge in [-0.05, 0) is 90.5 Å². The van der Waals surface area contributed by atoms with Gasteiger partial charge in [0.1, 0.15) is 5.75 Å². The molecule has 1 aliphatic heterocycles. The number of rotatable bonds is 10. The molecule has 0 radical (unpaired) electrons. The molecule has 0 aliphatic carbocycles. The highest BCUT2D eigenvalue weighted by atomic mass is 35.5. The van der Waals surface area contributed by atoms with Gasteiger partial charge in [-0.1, -0.05) is 59.6 Å². The molecule has 224 valence electrons. The number of halogens is 2. The van der Waals surface area contributed by atoms with E-state index in [-0.39, 0.29) is 18.4 Å². The fourth-order valence-corrected chi connectivity index (χ4v) is 8.40. The van der Waals surface area contributed by atoms with Gasteiger partial charge < -0.3 is 20.3 Å². The number of hydrogen-bond donors (Lipinski definition) is 2. The molecule has 0 saturated carbocycles. The zero-order chi connectivity index (χ0) is 30.6. The van der Waals surface area contributed by atoms with Crippen LogP contribution in [-0.4, -0.2) is 51.8 Å². The second-order valence-electron chi connectivity index (χ2n) is 10.6. The van der Waals surface area contributed by atoms with Crippen LogP contribution in [0.25, 0.3) is 21.6 Å². The first-order chi connectivity index (χ1) is 20.7. The Morgan fingerprint density at radius 1 is 0.953 bits per heavy atom. The lowest BCUT2D eigenvalue weighted by Gasteiger charge is -2.40. The summed E-state index contributed by atoms with van der Waals surface area (Å²) in [5.74, 6) is -0.00301. The zero-order valence-electron chi connectivity index (χ0n) is 23.4. The van der Waals surface area contributed by atoms with Crippen LogP contribution in [-0.2, 0) is 21.4 Å². The normalized spacial score (nSPS) is 15.3. The van der Waals surface area contributed by atoms with E-state index in [1.54, 1.807) is 17.0 Å². The molecule has 3 aromatic carbocycles. The predicted octanol–water partition coefficient (Wildman–Crippen LogP) is 6.93. The topological polar surface area (TPSA) is 107 Å². The van der Waals surface area contributed by atoms with Crippen molar-refractivity contribution in [2.24, 2.45) is 5.73 Å². The molecule has 0 spiro atoms. The van der Waals surface area contributed by atoms with Crippen molar-refractivity contribution in [2.45, 2.75) is 36.0 Å². The Morgan fingerprint density at radius 2 is 1.65 bits per heavy atom. The summed E-state index contributed by atoms with van der Waals surface area (Å²) in [5, 5.41) is 10.0. The number of hydrogen-bond acceptors (Lipinski definition) is 5. The Balaban J connectivity index is 1.44. The molecule has 0 bridgehead atoms. The molecule has 2 amide bonds. The van der Waals surface area contributed by atoms with Gasteiger partial charge in [-0.25, -0.2) is 0 Å². The van der Waals surface area contributed by atoms with Crippen molar-refractivity contribution < 1.29 is 19.2 Å². The van der Waals surface area contributed by atoms with Crippen molar-refractivity contribution in [3.05, 3.63) is 99.3 Å². The molecule has 10 heteroatoms. The molecular weight excluding hydrogens is 623 g/mol. The van der Waals surface area contributed by atoms with Crippen LogP contribution in [0.1, 0.15) is 40.9 Å². The number of nitrogens with two attached hydrogens (primary N) is 1. The molecule has 1 aromatic heterocycles. The summed E-state index contributed by atoms with van der Waals surface area (Å²) in [6.45, 7) is 0.886. The second kappa shape index (κ2) is 13.8. The maximum absolute atomic E-state index is 13.9. The Bertz CT molecular complexity index is 1590. The molecule has 1 fully saturated rings. The van der Waals surface area contributed by atoms with Gasteiger partial charge in [-0.2, -0.15) is 0 Å². The minimum Gasteiger partial charge on any atom is -0.611 e. The predicted molar refractivity (Wildman–Crippen MR) is 175 cm³/mol. The van der Waals surface area contributed by atoms with Crippen molar-refractivity contribution in [3.8, 4) is 21.6 Å². The third-order valence-electron chi connectivity index (χ3n) is 7.99. The lowest BCUT2D eigenvalue weighted by atomic mass is 9.72. The first kappa shape index (κ1) is 31.6. The number of likely N-dealkylation sites (tertiary alicyclic amines) is 1. The summed E-state index contributed by atoms with van der Waals surface area (Å²) < 4.78 is 12.7. The number of benzene rings is 3. The first-order valence-corrected chi connectivity index (χ1v) is 17.0. The van der Waals surface area contributed by atoms with Gasteiger partial charge in [0.2, 0.25) is 5.91 Å². The van der Waals surface area contributed by atoms with Crippen molar-refractivity contribution >= 4 is 57.5 Å². The highest BCUT2D eigenvalue weighted by Gasteiger charge is 2.42. The number of carbonyl (C=O) groups excluding carboxylic acids is 2. The molecule has 1 unspecified atom stereocenters. The van der Waals surface area contributed by atoms with Crippen molar-refractivity contribution in [1.82, 2.24) is 4.90 Å². The van der Waals surface area contributed by atoms with Gasteiger partial charge in [-0.3, -0.25) is 9.59 Å². The average Bonchev–Trinajstić information content (AvgIpc) is 3.46. The summed E-state index contributed by atoms with van der Waals surface area (Å²) in [7, 11) is 0. The third-order valence-corrected chi connectivity index (χ3v) is 11.1. The van der Waals surface area contributed by atoms with E-state index in [4.69, 9.17) is 34.0 Å². The van der Waals surface area contributed by atoms with Gasteiger partial charge in [0, 0.05) is 40.7 Å². The lowest BCUT2D eigenvalue weighted by Crippen LogP contribution is -2.51. The van der Waals surface area contributed by atoms with E-state index < -0.39 is 16.6 Å². The molecule has 6 nitrogen and oxygen atoms in total. The van der Waals surface area contributed by atoms with Gasteiger partial charge in [-0.15, -0.1) is 11.3 Å². The second-order valence-corrected chi connectivity index (χ2v) is 14.1. The van der Waals surface area contributed by atoms with Crippen molar-refractivity contribution in [1.29, 1.82) is 0 Å². The highest BCUT2D eigenvalue weighted by Crippen LogP contribution is 2.44. The van der Waals surface area contributed by atoms with Crippen LogP contribution in [0.4, 0.5) is 0 Å². The van der Waals surface area contributed by atoms with Crippen LogP contribution in [0.3, 0.4) is 0 Å². The van der Waals surface area contributed by atoms with E-state index in [1.807, 2.05) is 66.7 Å². The summed E-state index contributed by atoms with van der Waals surface area (Å²) in [5.41, 5.74) is 8.45. The van der Waals surface area contributed by atoms with E-state index >= 15 is 0 Å². The Kier molecular flexibility index (Phi) is 10.2. The van der Waals surface area contributed by atoms with Gasteiger partial charge in [0.05, 0.1) is 15.3 Å². The minimum absolute atomic E-state index is 0.0852. The van der Waals surface area contributed by atoms with E-state index in [2.05, 4.69) is 0 Å². The van der Waals surface area contributed by atoms with Crippen LogP contribution in [0.2, 0.25) is 10.0 Å². The summed E-state index contributed by atoms with van der Waals surface area (Å²) >= 11 is 13.0. The SMILES string of the molecule is NC(=O)C1(c2ccccc2)CCN(C(=O)c2cc(-c3ccc([S+]([O-])CCCCO)cc3)c(-c3ccc(Cl)cc3Cl)s2)CC1. The number of aliphatic hydroxyl groups excluding tert-OH is 1. The number of unbranched alkanes of at least 4 members (excludes halogenated alkanes) is 1. The van der Waals surface area contributed by atoms with Crippen LogP contribution in [0, 0.1) is 0 Å². The maximum Gasteiger partial charge on any atom is 0.263 e. The number of primary amides is 1. The van der Waals surface area contributed by atoms with Gasteiger partial charge in [0.15, 0.2) is 4.90 Å². The fraction of sp³-hybridized carbons (Fsp3) is 0.273. The number of thiophene rings is 1. The summed E-state index contributed by atoms with van der Waals surface area (Å²) in [6.07, 6.45) is 2.20. The maximum atomic E-state index is 13.9. The molecule has 1 atom stereocenters. The quantitative estimate of drug-likeness (QED) is 0.143. The molecule has 3 N–H and O–H groups in total. The van der Waals surface area contributed by atoms with Crippen molar-refractivity contribution in [2.75, 3.05) is 25.4 Å². The lowest BCUT2D eigenvalue weighted by molar-refractivity contribution is -0.125. The molecular formula is C33H32Cl2N2O4S2. The number of piperidine rings is 1. The van der Waals surface area contributed by atoms with Crippen LogP contribution >= 0.6 is 34.5 Å². The van der Waals surface area contributed by atoms with E-state index in [0.29, 0.717) is 64.3 Å². The van der Waals surface area contributed by atoms with Crippen LogP contribution < -0.4 is 5.73 Å².